The van der Waals surface area contributed by atoms with Crippen LogP contribution in [0.2, 0.25) is 0 Å². The molecule has 0 saturated carbocycles. The minimum absolute atomic E-state index is 0.0916. The number of nitrogens with zero attached hydrogens (tertiary/aromatic N) is 1. The molecule has 0 saturated heterocycles. The predicted octanol–water partition coefficient (Wildman–Crippen LogP) is 3.63. The van der Waals surface area contributed by atoms with Crippen molar-refractivity contribution >= 4 is 17.1 Å². The fourth-order valence-corrected chi connectivity index (χ4v) is 1.88. The number of nitro benzene ring substituents is 1. The molecule has 116 valence electrons. The van der Waals surface area contributed by atoms with Gasteiger partial charge < -0.3 is 14.8 Å². The van der Waals surface area contributed by atoms with Crippen molar-refractivity contribution in [1.82, 2.24) is 0 Å². The van der Waals surface area contributed by atoms with Gasteiger partial charge in [-0.25, -0.2) is 4.39 Å². The van der Waals surface area contributed by atoms with E-state index in [1.807, 2.05) is 0 Å². The Labute approximate surface area is 124 Å². The van der Waals surface area contributed by atoms with Crippen LogP contribution in [-0.2, 0) is 0 Å². The molecule has 8 heteroatoms. The van der Waals surface area contributed by atoms with E-state index in [4.69, 9.17) is 9.47 Å². The first kappa shape index (κ1) is 15.5. The zero-order valence-electron chi connectivity index (χ0n) is 11.7. The van der Waals surface area contributed by atoms with E-state index in [2.05, 4.69) is 5.32 Å². The Morgan fingerprint density at radius 3 is 2.27 bits per heavy atom. The molecule has 0 bridgehead atoms. The normalized spacial score (nSPS) is 10.2. The van der Waals surface area contributed by atoms with Crippen molar-refractivity contribution in [3.63, 3.8) is 0 Å². The van der Waals surface area contributed by atoms with Crippen molar-refractivity contribution < 1.29 is 23.2 Å². The van der Waals surface area contributed by atoms with Crippen LogP contribution < -0.4 is 14.8 Å². The molecule has 2 aromatic carbocycles. The lowest BCUT2D eigenvalue weighted by molar-refractivity contribution is -0.386. The molecule has 2 rings (SSSR count). The van der Waals surface area contributed by atoms with Crippen molar-refractivity contribution in [1.29, 1.82) is 0 Å². The molecule has 0 amide bonds. The Morgan fingerprint density at radius 1 is 1.05 bits per heavy atom. The number of rotatable bonds is 5. The van der Waals surface area contributed by atoms with Crippen LogP contribution >= 0.6 is 0 Å². The lowest BCUT2D eigenvalue weighted by Gasteiger charge is -2.11. The van der Waals surface area contributed by atoms with Crippen molar-refractivity contribution in [3.05, 3.63) is 52.1 Å². The lowest BCUT2D eigenvalue weighted by Crippen LogP contribution is -2.01. The Morgan fingerprint density at radius 2 is 1.68 bits per heavy atom. The van der Waals surface area contributed by atoms with Gasteiger partial charge in [-0.15, -0.1) is 0 Å². The summed E-state index contributed by atoms with van der Waals surface area (Å²) in [5.41, 5.74) is -0.744. The molecule has 0 radical (unpaired) electrons. The summed E-state index contributed by atoms with van der Waals surface area (Å²) in [6, 6.07) is 5.81. The number of nitro groups is 1. The Hall–Kier alpha value is -2.90. The highest BCUT2D eigenvalue weighted by Crippen LogP contribution is 2.35. The predicted molar refractivity (Wildman–Crippen MR) is 75.8 cm³/mol. The average Bonchev–Trinajstić information content (AvgIpc) is 2.45. The summed E-state index contributed by atoms with van der Waals surface area (Å²) in [4.78, 5) is 10.1. The van der Waals surface area contributed by atoms with Gasteiger partial charge in [-0.1, -0.05) is 0 Å². The maximum atomic E-state index is 13.8. The smallest absolute Gasteiger partial charge is 0.328 e. The third kappa shape index (κ3) is 3.22. The van der Waals surface area contributed by atoms with E-state index in [0.29, 0.717) is 0 Å². The van der Waals surface area contributed by atoms with E-state index in [9.17, 15) is 18.9 Å². The summed E-state index contributed by atoms with van der Waals surface area (Å²) in [7, 11) is 2.65. The Kier molecular flexibility index (Phi) is 4.40. The lowest BCUT2D eigenvalue weighted by atomic mass is 10.2. The number of hydrogen-bond donors (Lipinski definition) is 1. The molecule has 0 aliphatic carbocycles. The van der Waals surface area contributed by atoms with Gasteiger partial charge in [0.05, 0.1) is 19.1 Å². The summed E-state index contributed by atoms with van der Waals surface area (Å²) in [6.45, 7) is 0. The number of hydrogen-bond acceptors (Lipinski definition) is 5. The quantitative estimate of drug-likeness (QED) is 0.674. The van der Waals surface area contributed by atoms with Crippen LogP contribution in [0.25, 0.3) is 0 Å². The minimum Gasteiger partial charge on any atom is -0.497 e. The van der Waals surface area contributed by atoms with Crippen LogP contribution in [0.4, 0.5) is 25.8 Å². The maximum Gasteiger partial charge on any atom is 0.328 e. The number of ether oxygens (including phenoxy) is 2. The first-order chi connectivity index (χ1) is 10.4. The van der Waals surface area contributed by atoms with E-state index >= 15 is 0 Å². The summed E-state index contributed by atoms with van der Waals surface area (Å²) in [6.07, 6.45) is 0. The molecular weight excluding hydrogens is 298 g/mol. The fourth-order valence-electron chi connectivity index (χ4n) is 1.88. The van der Waals surface area contributed by atoms with E-state index in [1.165, 1.54) is 26.4 Å². The molecule has 0 heterocycles. The molecular formula is C14H12F2N2O4. The van der Waals surface area contributed by atoms with Crippen LogP contribution in [0.15, 0.2) is 30.3 Å². The van der Waals surface area contributed by atoms with E-state index in [0.717, 1.165) is 18.2 Å². The van der Waals surface area contributed by atoms with Gasteiger partial charge in [0.1, 0.15) is 23.0 Å². The Bertz CT molecular complexity index is 722. The first-order valence-electron chi connectivity index (χ1n) is 6.08. The second kappa shape index (κ2) is 6.25. The fraction of sp³-hybridized carbons (Fsp3) is 0.143. The number of methoxy groups -OCH3 is 2. The third-order valence-corrected chi connectivity index (χ3v) is 2.84. The van der Waals surface area contributed by atoms with E-state index < -0.39 is 22.2 Å². The largest absolute Gasteiger partial charge is 0.497 e. The summed E-state index contributed by atoms with van der Waals surface area (Å²) >= 11 is 0. The van der Waals surface area contributed by atoms with Crippen molar-refractivity contribution in [3.8, 4) is 11.5 Å². The highest BCUT2D eigenvalue weighted by atomic mass is 19.1. The molecule has 0 aliphatic heterocycles. The van der Waals surface area contributed by atoms with E-state index in [-0.39, 0.29) is 22.9 Å². The van der Waals surface area contributed by atoms with Crippen molar-refractivity contribution in [2.24, 2.45) is 0 Å². The van der Waals surface area contributed by atoms with Gasteiger partial charge in [0.15, 0.2) is 0 Å². The van der Waals surface area contributed by atoms with Crippen LogP contribution in [0.5, 0.6) is 11.5 Å². The highest BCUT2D eigenvalue weighted by molar-refractivity contribution is 5.72. The monoisotopic (exact) mass is 310 g/mol. The van der Waals surface area contributed by atoms with Gasteiger partial charge in [-0.2, -0.15) is 4.39 Å². The summed E-state index contributed by atoms with van der Waals surface area (Å²) < 4.78 is 37.0. The Balaban J connectivity index is 2.50. The van der Waals surface area contributed by atoms with Crippen molar-refractivity contribution in [2.75, 3.05) is 19.5 Å². The molecule has 2 aromatic rings. The van der Waals surface area contributed by atoms with Crippen molar-refractivity contribution in [2.45, 2.75) is 0 Å². The second-order valence-corrected chi connectivity index (χ2v) is 4.27. The average molecular weight is 310 g/mol. The van der Waals surface area contributed by atoms with Gasteiger partial charge in [-0.3, -0.25) is 10.1 Å². The summed E-state index contributed by atoms with van der Waals surface area (Å²) in [5, 5.41) is 13.6. The maximum absolute atomic E-state index is 13.8. The third-order valence-electron chi connectivity index (χ3n) is 2.84. The zero-order chi connectivity index (χ0) is 16.3. The molecule has 0 aliphatic rings. The van der Waals surface area contributed by atoms with Gasteiger partial charge in [0.25, 0.3) is 0 Å². The molecule has 22 heavy (non-hydrogen) atoms. The minimum atomic E-state index is -1.06. The molecule has 0 unspecified atom stereocenters. The van der Waals surface area contributed by atoms with Crippen LogP contribution in [-0.4, -0.2) is 19.1 Å². The second-order valence-electron chi connectivity index (χ2n) is 4.27. The zero-order valence-corrected chi connectivity index (χ0v) is 11.7. The number of nitrogens with one attached hydrogen (secondary N) is 1. The molecule has 0 atom stereocenters. The molecule has 6 nitrogen and oxygen atoms in total. The van der Waals surface area contributed by atoms with Gasteiger partial charge in [0, 0.05) is 30.0 Å². The van der Waals surface area contributed by atoms with Crippen LogP contribution in [0, 0.1) is 21.7 Å². The van der Waals surface area contributed by atoms with Crippen LogP contribution in [0.3, 0.4) is 0 Å². The number of benzene rings is 2. The highest BCUT2D eigenvalue weighted by Gasteiger charge is 2.22. The molecule has 1 N–H and O–H groups in total. The molecule has 0 fully saturated rings. The van der Waals surface area contributed by atoms with Crippen LogP contribution in [0.1, 0.15) is 0 Å². The van der Waals surface area contributed by atoms with E-state index in [1.54, 1.807) is 0 Å². The standard InChI is InChI=1S/C14H12F2N2O4/c1-21-10-4-8(15)3-9(5-10)17-13-7-11(22-2)6-12(16)14(13)18(19)20/h3-7,17H,1-2H3. The molecule has 0 spiro atoms. The van der Waals surface area contributed by atoms with Gasteiger partial charge in [-0.05, 0) is 6.07 Å². The summed E-state index contributed by atoms with van der Waals surface area (Å²) in [5.74, 6) is -1.36. The van der Waals surface area contributed by atoms with Gasteiger partial charge in [0.2, 0.25) is 5.82 Å². The first-order valence-corrected chi connectivity index (χ1v) is 6.08. The number of anilines is 2. The topological polar surface area (TPSA) is 73.6 Å². The SMILES string of the molecule is COc1cc(F)cc(Nc2cc(OC)cc(F)c2[N+](=O)[O-])c1. The van der Waals surface area contributed by atoms with Gasteiger partial charge >= 0.3 is 5.69 Å². The number of halogens is 2. The molecule has 0 aromatic heterocycles.